The molecule has 182 valence electrons. The SMILES string of the molecule is CC1CCc2ncnc(N3CCN(C(=O)C(CN4CCC(F)CC4)c4ccc(Cl)cc4)CC3)c21. The Kier molecular flexibility index (Phi) is 7.02. The number of piperidine rings is 1. The first-order chi connectivity index (χ1) is 16.5. The van der Waals surface area contributed by atoms with E-state index in [1.807, 2.05) is 29.2 Å². The van der Waals surface area contributed by atoms with Crippen LogP contribution in [-0.2, 0) is 11.2 Å². The number of alkyl halides is 1. The summed E-state index contributed by atoms with van der Waals surface area (Å²) in [5.74, 6) is 1.40. The number of aromatic nitrogens is 2. The largest absolute Gasteiger partial charge is 0.353 e. The molecule has 2 atom stereocenters. The van der Waals surface area contributed by atoms with Crippen LogP contribution in [0.4, 0.5) is 10.2 Å². The van der Waals surface area contributed by atoms with Crippen LogP contribution >= 0.6 is 11.6 Å². The topological polar surface area (TPSA) is 52.6 Å². The number of carbonyl (C=O) groups excluding carboxylic acids is 1. The van der Waals surface area contributed by atoms with Crippen LogP contribution in [0.2, 0.25) is 5.02 Å². The fourth-order valence-corrected chi connectivity index (χ4v) is 5.72. The predicted molar refractivity (Wildman–Crippen MR) is 132 cm³/mol. The van der Waals surface area contributed by atoms with Crippen molar-refractivity contribution >= 4 is 23.3 Å². The lowest BCUT2D eigenvalue weighted by molar-refractivity contribution is -0.133. The number of likely N-dealkylation sites (tertiary alicyclic amines) is 1. The molecule has 1 aromatic heterocycles. The van der Waals surface area contributed by atoms with E-state index in [1.165, 1.54) is 11.3 Å². The lowest BCUT2D eigenvalue weighted by atomic mass is 9.95. The third-order valence-corrected chi connectivity index (χ3v) is 7.92. The second-order valence-electron chi connectivity index (χ2n) is 9.89. The van der Waals surface area contributed by atoms with E-state index in [2.05, 4.69) is 26.7 Å². The van der Waals surface area contributed by atoms with E-state index in [0.717, 1.165) is 37.3 Å². The molecule has 0 spiro atoms. The number of benzene rings is 1. The number of hydrogen-bond donors (Lipinski definition) is 0. The van der Waals surface area contributed by atoms with Crippen LogP contribution in [0.1, 0.15) is 54.8 Å². The van der Waals surface area contributed by atoms with E-state index in [9.17, 15) is 9.18 Å². The minimum atomic E-state index is -0.722. The van der Waals surface area contributed by atoms with Crippen molar-refractivity contribution in [2.24, 2.45) is 0 Å². The van der Waals surface area contributed by atoms with Crippen LogP contribution in [0, 0.1) is 0 Å². The first kappa shape index (κ1) is 23.5. The maximum absolute atomic E-state index is 13.8. The molecule has 3 aliphatic rings. The maximum atomic E-state index is 13.8. The number of amides is 1. The maximum Gasteiger partial charge on any atom is 0.231 e. The minimum absolute atomic E-state index is 0.144. The number of fused-ring (bicyclic) bond motifs is 1. The van der Waals surface area contributed by atoms with Crippen molar-refractivity contribution in [2.45, 2.75) is 50.6 Å². The molecule has 0 N–H and O–H groups in total. The fourth-order valence-electron chi connectivity index (χ4n) is 5.60. The fraction of sp³-hybridized carbons (Fsp3) is 0.577. The third kappa shape index (κ3) is 4.91. The second kappa shape index (κ2) is 10.2. The van der Waals surface area contributed by atoms with Gasteiger partial charge >= 0.3 is 0 Å². The van der Waals surface area contributed by atoms with Crippen LogP contribution in [0.25, 0.3) is 0 Å². The number of hydrogen-bond acceptors (Lipinski definition) is 5. The van der Waals surface area contributed by atoms with Gasteiger partial charge in [-0.2, -0.15) is 0 Å². The molecule has 1 aliphatic carbocycles. The Morgan fingerprint density at radius 2 is 1.76 bits per heavy atom. The quantitative estimate of drug-likeness (QED) is 0.639. The number of rotatable bonds is 5. The summed E-state index contributed by atoms with van der Waals surface area (Å²) in [6.45, 7) is 7.13. The summed E-state index contributed by atoms with van der Waals surface area (Å²) in [4.78, 5) is 29.4. The summed E-state index contributed by atoms with van der Waals surface area (Å²) in [5.41, 5.74) is 3.44. The van der Waals surface area contributed by atoms with E-state index in [0.29, 0.717) is 56.5 Å². The molecule has 2 saturated heterocycles. The molecule has 0 saturated carbocycles. The molecule has 0 bridgehead atoms. The van der Waals surface area contributed by atoms with E-state index >= 15 is 0 Å². The van der Waals surface area contributed by atoms with Crippen molar-refractivity contribution in [2.75, 3.05) is 50.7 Å². The number of halogens is 2. The van der Waals surface area contributed by atoms with Crippen molar-refractivity contribution in [3.8, 4) is 0 Å². The van der Waals surface area contributed by atoms with Gasteiger partial charge in [-0.15, -0.1) is 0 Å². The Morgan fingerprint density at radius 1 is 1.06 bits per heavy atom. The zero-order valence-corrected chi connectivity index (χ0v) is 20.6. The second-order valence-corrected chi connectivity index (χ2v) is 10.3. The molecule has 2 aromatic rings. The molecular formula is C26H33ClFN5O. The molecule has 2 fully saturated rings. The summed E-state index contributed by atoms with van der Waals surface area (Å²) in [6, 6.07) is 7.60. The zero-order chi connectivity index (χ0) is 23.7. The number of nitrogens with zero attached hydrogens (tertiary/aromatic N) is 5. The molecule has 6 nitrogen and oxygen atoms in total. The smallest absolute Gasteiger partial charge is 0.231 e. The molecule has 1 amide bonds. The molecule has 5 rings (SSSR count). The Hall–Kier alpha value is -2.25. The lowest BCUT2D eigenvalue weighted by Crippen LogP contribution is -2.52. The van der Waals surface area contributed by atoms with Gasteiger partial charge in [0, 0.05) is 62.1 Å². The highest BCUT2D eigenvalue weighted by atomic mass is 35.5. The van der Waals surface area contributed by atoms with Gasteiger partial charge in [0.1, 0.15) is 18.3 Å². The molecule has 3 heterocycles. The van der Waals surface area contributed by atoms with Crippen molar-refractivity contribution in [3.63, 3.8) is 0 Å². The van der Waals surface area contributed by atoms with Crippen LogP contribution in [0.3, 0.4) is 0 Å². The summed E-state index contributed by atoms with van der Waals surface area (Å²) < 4.78 is 13.7. The van der Waals surface area contributed by atoms with E-state index in [-0.39, 0.29) is 11.8 Å². The van der Waals surface area contributed by atoms with Gasteiger partial charge in [-0.05, 0) is 49.3 Å². The summed E-state index contributed by atoms with van der Waals surface area (Å²) >= 11 is 6.11. The normalized spacial score (nSPS) is 22.6. The van der Waals surface area contributed by atoms with Crippen molar-refractivity contribution in [1.82, 2.24) is 19.8 Å². The Bertz CT molecular complexity index is 1000. The minimum Gasteiger partial charge on any atom is -0.353 e. The van der Waals surface area contributed by atoms with Gasteiger partial charge in [0.2, 0.25) is 5.91 Å². The summed E-state index contributed by atoms with van der Waals surface area (Å²) in [6.07, 6.45) is 4.19. The predicted octanol–water partition coefficient (Wildman–Crippen LogP) is 4.05. The van der Waals surface area contributed by atoms with E-state index < -0.39 is 6.17 Å². The van der Waals surface area contributed by atoms with Gasteiger partial charge in [-0.25, -0.2) is 14.4 Å². The van der Waals surface area contributed by atoms with Crippen molar-refractivity contribution in [1.29, 1.82) is 0 Å². The van der Waals surface area contributed by atoms with Gasteiger partial charge in [0.15, 0.2) is 0 Å². The van der Waals surface area contributed by atoms with Gasteiger partial charge in [-0.1, -0.05) is 30.7 Å². The first-order valence-corrected chi connectivity index (χ1v) is 12.9. The highest BCUT2D eigenvalue weighted by molar-refractivity contribution is 6.30. The van der Waals surface area contributed by atoms with Crippen molar-refractivity contribution in [3.05, 3.63) is 52.4 Å². The lowest BCUT2D eigenvalue weighted by Gasteiger charge is -2.39. The van der Waals surface area contributed by atoms with Crippen LogP contribution in [0.5, 0.6) is 0 Å². The van der Waals surface area contributed by atoms with E-state index in [4.69, 9.17) is 11.6 Å². The van der Waals surface area contributed by atoms with E-state index in [1.54, 1.807) is 6.33 Å². The van der Waals surface area contributed by atoms with Crippen LogP contribution in [0.15, 0.2) is 30.6 Å². The van der Waals surface area contributed by atoms with Crippen LogP contribution < -0.4 is 4.90 Å². The van der Waals surface area contributed by atoms with Gasteiger partial charge in [-0.3, -0.25) is 4.79 Å². The number of anilines is 1. The summed E-state index contributed by atoms with van der Waals surface area (Å²) in [5, 5.41) is 0.661. The standard InChI is InChI=1S/C26H33ClFN5O/c1-18-2-7-23-24(18)25(30-17-29-23)32-12-14-33(15-13-32)26(34)22(19-3-5-20(27)6-4-19)16-31-10-8-21(28)9-11-31/h3-6,17-18,21-22H,2,7-16H2,1H3. The first-order valence-electron chi connectivity index (χ1n) is 12.5. The molecule has 0 radical (unpaired) electrons. The van der Waals surface area contributed by atoms with Gasteiger partial charge in [0.05, 0.1) is 5.92 Å². The molecule has 34 heavy (non-hydrogen) atoms. The molecule has 8 heteroatoms. The average molecular weight is 486 g/mol. The third-order valence-electron chi connectivity index (χ3n) is 7.67. The molecular weight excluding hydrogens is 453 g/mol. The number of piperazine rings is 1. The van der Waals surface area contributed by atoms with Crippen LogP contribution in [-0.4, -0.2) is 77.7 Å². The average Bonchev–Trinajstić information content (AvgIpc) is 3.25. The Balaban J connectivity index is 1.29. The Labute approximate surface area is 206 Å². The molecule has 2 unspecified atom stereocenters. The number of aryl methyl sites for hydroxylation is 1. The Morgan fingerprint density at radius 3 is 2.47 bits per heavy atom. The van der Waals surface area contributed by atoms with Gasteiger partial charge < -0.3 is 14.7 Å². The molecule has 2 aliphatic heterocycles. The van der Waals surface area contributed by atoms with Crippen molar-refractivity contribution < 1.29 is 9.18 Å². The highest BCUT2D eigenvalue weighted by Crippen LogP contribution is 2.37. The zero-order valence-electron chi connectivity index (χ0n) is 19.8. The molecule has 1 aromatic carbocycles. The monoisotopic (exact) mass is 485 g/mol. The summed E-state index contributed by atoms with van der Waals surface area (Å²) in [7, 11) is 0. The van der Waals surface area contributed by atoms with Gasteiger partial charge in [0.25, 0.3) is 0 Å². The highest BCUT2D eigenvalue weighted by Gasteiger charge is 2.33. The number of carbonyl (C=O) groups is 1.